The molecule has 2 aromatic rings. The molecule has 1 saturated heterocycles. The molecule has 5 nitrogen and oxygen atoms in total. The van der Waals surface area contributed by atoms with Gasteiger partial charge < -0.3 is 16.0 Å². The lowest BCUT2D eigenvalue weighted by molar-refractivity contribution is -0.137. The van der Waals surface area contributed by atoms with E-state index in [1.807, 2.05) is 0 Å². The van der Waals surface area contributed by atoms with Crippen LogP contribution in [0.1, 0.15) is 17.2 Å². The Morgan fingerprint density at radius 2 is 1.75 bits per heavy atom. The number of para-hydroxylation sites is 1. The summed E-state index contributed by atoms with van der Waals surface area (Å²) in [5.41, 5.74) is -0.608. The third kappa shape index (κ3) is 4.19. The molecule has 9 heteroatoms. The number of nitrogens with one attached hydrogen (secondary N) is 3. The first-order valence-corrected chi connectivity index (χ1v) is 8.95. The lowest BCUT2D eigenvalue weighted by atomic mass is 9.88. The van der Waals surface area contributed by atoms with Gasteiger partial charge in [-0.15, -0.1) is 0 Å². The van der Waals surface area contributed by atoms with Gasteiger partial charge in [-0.25, -0.2) is 4.79 Å². The molecule has 3 amide bonds. The van der Waals surface area contributed by atoms with Gasteiger partial charge in [-0.2, -0.15) is 13.2 Å². The van der Waals surface area contributed by atoms with Crippen molar-refractivity contribution in [2.75, 3.05) is 5.32 Å². The summed E-state index contributed by atoms with van der Waals surface area (Å²) in [7, 11) is 0. The summed E-state index contributed by atoms with van der Waals surface area (Å²) in [6.45, 7) is 3.71. The molecule has 0 unspecified atom stereocenters. The van der Waals surface area contributed by atoms with Crippen molar-refractivity contribution in [3.05, 3.63) is 76.4 Å². The van der Waals surface area contributed by atoms with Gasteiger partial charge in [0.1, 0.15) is 5.92 Å². The van der Waals surface area contributed by atoms with Crippen LogP contribution in [0.2, 0.25) is 0 Å². The molecule has 0 bridgehead atoms. The summed E-state index contributed by atoms with van der Waals surface area (Å²) in [4.78, 5) is 24.7. The topological polar surface area (TPSA) is 70.2 Å². The van der Waals surface area contributed by atoms with Crippen LogP contribution in [0.15, 0.2) is 65.3 Å². The van der Waals surface area contributed by atoms with Crippen LogP contribution in [-0.4, -0.2) is 11.9 Å². The summed E-state index contributed by atoms with van der Waals surface area (Å²) in [5, 5.41) is 7.37. The molecule has 1 aliphatic heterocycles. The second kappa shape index (κ2) is 7.67. The van der Waals surface area contributed by atoms with E-state index in [0.29, 0.717) is 5.56 Å². The number of benzene rings is 2. The number of hydrogen-bond acceptors (Lipinski definition) is 2. The molecule has 1 fully saturated rings. The van der Waals surface area contributed by atoms with Crippen molar-refractivity contribution < 1.29 is 22.8 Å². The van der Waals surface area contributed by atoms with E-state index in [-0.39, 0.29) is 11.4 Å². The minimum Gasteiger partial charge on any atom is -0.330 e. The maximum absolute atomic E-state index is 13.2. The van der Waals surface area contributed by atoms with Gasteiger partial charge in [-0.3, -0.25) is 4.79 Å². The standard InChI is InChI=1S/C19H15BrF3N3O2/c1-10-15(16(26-18(28)24-10)11-6-8-12(20)9-7-11)17(27)25-14-5-3-2-4-13(14)19(21,22)23/h2-9,15-16H,1H2,(H,25,27)(H2,24,26,28)/t15-,16+/m1/s1. The van der Waals surface area contributed by atoms with Gasteiger partial charge in [0.05, 0.1) is 17.3 Å². The van der Waals surface area contributed by atoms with Crippen molar-refractivity contribution >= 4 is 33.6 Å². The van der Waals surface area contributed by atoms with Crippen LogP contribution in [0.4, 0.5) is 23.7 Å². The quantitative estimate of drug-likeness (QED) is 0.635. The number of alkyl halides is 3. The van der Waals surface area contributed by atoms with Crippen LogP contribution in [0, 0.1) is 5.92 Å². The highest BCUT2D eigenvalue weighted by Crippen LogP contribution is 2.36. The van der Waals surface area contributed by atoms with Gasteiger partial charge in [0.15, 0.2) is 0 Å². The number of amides is 3. The zero-order chi connectivity index (χ0) is 20.5. The van der Waals surface area contributed by atoms with Crippen molar-refractivity contribution in [2.24, 2.45) is 5.92 Å². The molecule has 28 heavy (non-hydrogen) atoms. The van der Waals surface area contributed by atoms with Gasteiger partial charge in [-0.1, -0.05) is 46.8 Å². The van der Waals surface area contributed by atoms with E-state index in [4.69, 9.17) is 0 Å². The highest BCUT2D eigenvalue weighted by atomic mass is 79.9. The van der Waals surface area contributed by atoms with Crippen LogP contribution in [0.5, 0.6) is 0 Å². The molecule has 3 N–H and O–H groups in total. The van der Waals surface area contributed by atoms with Crippen molar-refractivity contribution in [3.8, 4) is 0 Å². The average molecular weight is 454 g/mol. The van der Waals surface area contributed by atoms with Crippen molar-refractivity contribution in [2.45, 2.75) is 12.2 Å². The van der Waals surface area contributed by atoms with E-state index in [1.165, 1.54) is 18.2 Å². The number of urea groups is 1. The second-order valence-corrected chi connectivity index (χ2v) is 7.08. The fraction of sp³-hybridized carbons (Fsp3) is 0.158. The first-order valence-electron chi connectivity index (χ1n) is 8.15. The lowest BCUT2D eigenvalue weighted by Crippen LogP contribution is -2.51. The molecule has 146 valence electrons. The van der Waals surface area contributed by atoms with Crippen molar-refractivity contribution in [3.63, 3.8) is 0 Å². The van der Waals surface area contributed by atoms with Gasteiger partial charge in [0.2, 0.25) is 5.91 Å². The van der Waals surface area contributed by atoms with Crippen LogP contribution < -0.4 is 16.0 Å². The van der Waals surface area contributed by atoms with E-state index in [1.54, 1.807) is 24.3 Å². The lowest BCUT2D eigenvalue weighted by Gasteiger charge is -2.34. The van der Waals surface area contributed by atoms with Crippen LogP contribution >= 0.6 is 15.9 Å². The molecule has 1 heterocycles. The van der Waals surface area contributed by atoms with E-state index >= 15 is 0 Å². The Balaban J connectivity index is 1.93. The Morgan fingerprint density at radius 3 is 2.39 bits per heavy atom. The molecular formula is C19H15BrF3N3O2. The number of carbonyl (C=O) groups is 2. The fourth-order valence-corrected chi connectivity index (χ4v) is 3.26. The Kier molecular flexibility index (Phi) is 5.46. The molecule has 0 saturated carbocycles. The third-order valence-electron chi connectivity index (χ3n) is 4.27. The zero-order valence-electron chi connectivity index (χ0n) is 14.3. The van der Waals surface area contributed by atoms with Crippen LogP contribution in [-0.2, 0) is 11.0 Å². The van der Waals surface area contributed by atoms with E-state index in [2.05, 4.69) is 38.5 Å². The van der Waals surface area contributed by atoms with Gasteiger partial charge in [-0.05, 0) is 29.8 Å². The van der Waals surface area contributed by atoms with E-state index in [9.17, 15) is 22.8 Å². The number of halogens is 4. The highest BCUT2D eigenvalue weighted by Gasteiger charge is 2.39. The summed E-state index contributed by atoms with van der Waals surface area (Å²) < 4.78 is 40.4. The number of carbonyl (C=O) groups excluding carboxylic acids is 2. The average Bonchev–Trinajstić information content (AvgIpc) is 2.61. The van der Waals surface area contributed by atoms with Crippen LogP contribution in [0.25, 0.3) is 0 Å². The van der Waals surface area contributed by atoms with Gasteiger partial charge in [0, 0.05) is 10.2 Å². The smallest absolute Gasteiger partial charge is 0.330 e. The SMILES string of the molecule is C=C1NC(=O)N[C@@H](c2ccc(Br)cc2)[C@@H]1C(=O)Nc1ccccc1C(F)(F)F. The minimum atomic E-state index is -4.62. The molecule has 3 rings (SSSR count). The first-order chi connectivity index (χ1) is 13.2. The predicted octanol–water partition coefficient (Wildman–Crippen LogP) is 4.59. The molecule has 2 aromatic carbocycles. The summed E-state index contributed by atoms with van der Waals surface area (Å²) >= 11 is 3.30. The summed E-state index contributed by atoms with van der Waals surface area (Å²) in [5.74, 6) is -1.73. The third-order valence-corrected chi connectivity index (χ3v) is 4.80. The highest BCUT2D eigenvalue weighted by molar-refractivity contribution is 9.10. The Morgan fingerprint density at radius 1 is 1.11 bits per heavy atom. The fourth-order valence-electron chi connectivity index (χ4n) is 2.99. The second-order valence-electron chi connectivity index (χ2n) is 6.16. The molecule has 0 radical (unpaired) electrons. The molecule has 0 aromatic heterocycles. The zero-order valence-corrected chi connectivity index (χ0v) is 15.9. The minimum absolute atomic E-state index is 0.0960. The van der Waals surface area contributed by atoms with Crippen molar-refractivity contribution in [1.82, 2.24) is 10.6 Å². The molecule has 2 atom stereocenters. The largest absolute Gasteiger partial charge is 0.418 e. The van der Waals surface area contributed by atoms with Crippen LogP contribution in [0.3, 0.4) is 0 Å². The van der Waals surface area contributed by atoms with E-state index < -0.39 is 35.6 Å². The van der Waals surface area contributed by atoms with Crippen molar-refractivity contribution in [1.29, 1.82) is 0 Å². The molecular weight excluding hydrogens is 439 g/mol. The maximum Gasteiger partial charge on any atom is 0.418 e. The monoisotopic (exact) mass is 453 g/mol. The summed E-state index contributed by atoms with van der Waals surface area (Å²) in [6.07, 6.45) is -4.62. The molecule has 0 aliphatic carbocycles. The number of hydrogen-bond donors (Lipinski definition) is 3. The Labute approximate surface area is 167 Å². The van der Waals surface area contributed by atoms with E-state index in [0.717, 1.165) is 10.5 Å². The molecule has 1 aliphatic rings. The molecule has 0 spiro atoms. The Hall–Kier alpha value is -2.81. The van der Waals surface area contributed by atoms with Gasteiger partial charge >= 0.3 is 12.2 Å². The van der Waals surface area contributed by atoms with Gasteiger partial charge in [0.25, 0.3) is 0 Å². The number of rotatable bonds is 3. The normalized spacial score (nSPS) is 19.6. The maximum atomic E-state index is 13.2. The predicted molar refractivity (Wildman–Crippen MR) is 101 cm³/mol. The first kappa shape index (κ1) is 19.9. The number of anilines is 1. The Bertz CT molecular complexity index is 929. The summed E-state index contributed by atoms with van der Waals surface area (Å²) in [6, 6.07) is 10.3.